The van der Waals surface area contributed by atoms with Crippen LogP contribution in [0.4, 0.5) is 4.39 Å². The maximum absolute atomic E-state index is 13.3. The molecule has 0 aromatic heterocycles. The molecule has 1 N–H and O–H groups in total. The van der Waals surface area contributed by atoms with Crippen molar-refractivity contribution in [3.8, 4) is 5.75 Å². The summed E-state index contributed by atoms with van der Waals surface area (Å²) < 4.78 is 18.4. The van der Waals surface area contributed by atoms with E-state index in [-0.39, 0.29) is 5.82 Å². The first-order valence-corrected chi connectivity index (χ1v) is 6.94. The van der Waals surface area contributed by atoms with Gasteiger partial charge in [-0.2, -0.15) is 0 Å². The van der Waals surface area contributed by atoms with Gasteiger partial charge in [-0.3, -0.25) is 0 Å². The van der Waals surface area contributed by atoms with Crippen LogP contribution in [0.25, 0.3) is 0 Å². The van der Waals surface area contributed by atoms with E-state index in [1.165, 1.54) is 38.5 Å². The Bertz CT molecular complexity index is 405. The van der Waals surface area contributed by atoms with Gasteiger partial charge in [0.25, 0.3) is 0 Å². The molecule has 1 aliphatic rings. The number of piperidine rings is 1. The zero-order valence-electron chi connectivity index (χ0n) is 11.4. The highest BCUT2D eigenvalue weighted by Crippen LogP contribution is 2.28. The highest BCUT2D eigenvalue weighted by Gasteiger charge is 2.17. The molecule has 1 aliphatic heterocycles. The summed E-state index contributed by atoms with van der Waals surface area (Å²) in [7, 11) is 1.54. The molecule has 0 aliphatic carbocycles. The second-order valence-electron chi connectivity index (χ2n) is 5.09. The van der Waals surface area contributed by atoms with Gasteiger partial charge >= 0.3 is 0 Å². The van der Waals surface area contributed by atoms with Gasteiger partial charge in [-0.1, -0.05) is 6.42 Å². The Morgan fingerprint density at radius 3 is 2.74 bits per heavy atom. The van der Waals surface area contributed by atoms with Crippen molar-refractivity contribution >= 4 is 0 Å². The van der Waals surface area contributed by atoms with Crippen molar-refractivity contribution in [3.63, 3.8) is 0 Å². The Hall–Kier alpha value is -1.13. The van der Waals surface area contributed by atoms with Crippen molar-refractivity contribution in [2.75, 3.05) is 26.7 Å². The van der Waals surface area contributed by atoms with Crippen molar-refractivity contribution in [2.45, 2.75) is 31.8 Å². The molecule has 0 bridgehead atoms. The third kappa shape index (κ3) is 3.91. The molecule has 0 saturated carbocycles. The quantitative estimate of drug-likeness (QED) is 0.890. The zero-order chi connectivity index (χ0) is 13.7. The largest absolute Gasteiger partial charge is 0.496 e. The number of likely N-dealkylation sites (tertiary alicyclic amines) is 1. The summed E-state index contributed by atoms with van der Waals surface area (Å²) in [6, 6.07) is 4.27. The van der Waals surface area contributed by atoms with Crippen molar-refractivity contribution in [1.82, 2.24) is 4.90 Å². The van der Waals surface area contributed by atoms with Crippen LogP contribution in [0.15, 0.2) is 18.2 Å². The maximum atomic E-state index is 13.3. The van der Waals surface area contributed by atoms with Gasteiger partial charge < -0.3 is 14.7 Å². The van der Waals surface area contributed by atoms with Gasteiger partial charge in [0.05, 0.1) is 13.2 Å². The Morgan fingerprint density at radius 2 is 2.05 bits per heavy atom. The number of aliphatic hydroxyl groups excluding tert-OH is 1. The van der Waals surface area contributed by atoms with Gasteiger partial charge in [0.2, 0.25) is 0 Å². The summed E-state index contributed by atoms with van der Waals surface area (Å²) in [5.41, 5.74) is 0.541. The van der Waals surface area contributed by atoms with E-state index in [1.807, 2.05) is 0 Å². The van der Waals surface area contributed by atoms with Crippen LogP contribution in [0.3, 0.4) is 0 Å². The standard InChI is InChI=1S/C15H22FNO2/c1-19-15-6-5-12(16)11-13(15)14(18)7-10-17-8-3-2-4-9-17/h5-6,11,14,18H,2-4,7-10H2,1H3. The number of hydrogen-bond acceptors (Lipinski definition) is 3. The Labute approximate surface area is 114 Å². The van der Waals surface area contributed by atoms with Crippen molar-refractivity contribution in [2.24, 2.45) is 0 Å². The molecular formula is C15H22FNO2. The molecule has 1 aromatic rings. The third-order valence-electron chi connectivity index (χ3n) is 3.72. The number of nitrogens with zero attached hydrogens (tertiary/aromatic N) is 1. The van der Waals surface area contributed by atoms with Gasteiger partial charge in [0, 0.05) is 12.1 Å². The molecular weight excluding hydrogens is 245 g/mol. The van der Waals surface area contributed by atoms with E-state index < -0.39 is 6.10 Å². The number of methoxy groups -OCH3 is 1. The lowest BCUT2D eigenvalue weighted by atomic mass is 10.0. The molecule has 19 heavy (non-hydrogen) atoms. The second kappa shape index (κ2) is 6.87. The van der Waals surface area contributed by atoms with Crippen molar-refractivity contribution in [1.29, 1.82) is 0 Å². The normalized spacial score (nSPS) is 18.3. The lowest BCUT2D eigenvalue weighted by molar-refractivity contribution is 0.131. The van der Waals surface area contributed by atoms with E-state index in [1.54, 1.807) is 6.07 Å². The summed E-state index contributed by atoms with van der Waals surface area (Å²) in [6.45, 7) is 3.06. The lowest BCUT2D eigenvalue weighted by Gasteiger charge is -2.27. The van der Waals surface area contributed by atoms with E-state index in [4.69, 9.17) is 4.74 Å². The average Bonchev–Trinajstić information content (AvgIpc) is 2.46. The van der Waals surface area contributed by atoms with Gasteiger partial charge in [-0.05, 0) is 50.6 Å². The number of halogens is 1. The Morgan fingerprint density at radius 1 is 1.32 bits per heavy atom. The number of aliphatic hydroxyl groups is 1. The van der Waals surface area contributed by atoms with Crippen LogP contribution in [0.1, 0.15) is 37.4 Å². The average molecular weight is 267 g/mol. The summed E-state index contributed by atoms with van der Waals surface area (Å²) in [5, 5.41) is 10.2. The molecule has 1 atom stereocenters. The van der Waals surface area contributed by atoms with E-state index in [2.05, 4.69) is 4.90 Å². The summed E-state index contributed by atoms with van der Waals surface area (Å²) in [5.74, 6) is 0.209. The zero-order valence-corrected chi connectivity index (χ0v) is 11.4. The Balaban J connectivity index is 1.94. The fourth-order valence-electron chi connectivity index (χ4n) is 2.61. The molecule has 106 valence electrons. The number of ether oxygens (including phenoxy) is 1. The maximum Gasteiger partial charge on any atom is 0.124 e. The van der Waals surface area contributed by atoms with E-state index in [0.717, 1.165) is 19.6 Å². The molecule has 0 amide bonds. The molecule has 3 nitrogen and oxygen atoms in total. The van der Waals surface area contributed by atoms with E-state index in [0.29, 0.717) is 17.7 Å². The summed E-state index contributed by atoms with van der Waals surface area (Å²) in [4.78, 5) is 2.36. The van der Waals surface area contributed by atoms with Crippen molar-refractivity contribution in [3.05, 3.63) is 29.6 Å². The summed E-state index contributed by atoms with van der Waals surface area (Å²) in [6.07, 6.45) is 3.71. The predicted molar refractivity (Wildman–Crippen MR) is 72.8 cm³/mol. The molecule has 0 spiro atoms. The molecule has 0 radical (unpaired) electrons. The first-order chi connectivity index (χ1) is 9.20. The number of rotatable bonds is 5. The molecule has 1 unspecified atom stereocenters. The van der Waals surface area contributed by atoms with Crippen LogP contribution in [0.2, 0.25) is 0 Å². The Kier molecular flexibility index (Phi) is 5.16. The molecule has 1 fully saturated rings. The first kappa shape index (κ1) is 14.3. The van der Waals surface area contributed by atoms with Crippen LogP contribution in [0.5, 0.6) is 5.75 Å². The molecule has 1 aromatic carbocycles. The van der Waals surface area contributed by atoms with Gasteiger partial charge in [0.1, 0.15) is 11.6 Å². The predicted octanol–water partition coefficient (Wildman–Crippen LogP) is 2.74. The van der Waals surface area contributed by atoms with Gasteiger partial charge in [-0.25, -0.2) is 4.39 Å². The topological polar surface area (TPSA) is 32.7 Å². The summed E-state index contributed by atoms with van der Waals surface area (Å²) >= 11 is 0. The minimum Gasteiger partial charge on any atom is -0.496 e. The highest BCUT2D eigenvalue weighted by atomic mass is 19.1. The minimum atomic E-state index is -0.674. The van der Waals surface area contributed by atoms with Crippen LogP contribution >= 0.6 is 0 Å². The third-order valence-corrected chi connectivity index (χ3v) is 3.72. The van der Waals surface area contributed by atoms with Crippen LogP contribution < -0.4 is 4.74 Å². The fraction of sp³-hybridized carbons (Fsp3) is 0.600. The van der Waals surface area contributed by atoms with Gasteiger partial charge in [-0.15, -0.1) is 0 Å². The molecule has 2 rings (SSSR count). The first-order valence-electron chi connectivity index (χ1n) is 6.94. The molecule has 1 saturated heterocycles. The van der Waals surface area contributed by atoms with Crippen LogP contribution in [-0.2, 0) is 0 Å². The van der Waals surface area contributed by atoms with Gasteiger partial charge in [0.15, 0.2) is 0 Å². The number of hydrogen-bond donors (Lipinski definition) is 1. The highest BCUT2D eigenvalue weighted by molar-refractivity contribution is 5.35. The second-order valence-corrected chi connectivity index (χ2v) is 5.09. The van der Waals surface area contributed by atoms with Crippen molar-refractivity contribution < 1.29 is 14.2 Å². The van der Waals surface area contributed by atoms with Crippen LogP contribution in [0, 0.1) is 5.82 Å². The van der Waals surface area contributed by atoms with E-state index in [9.17, 15) is 9.50 Å². The smallest absolute Gasteiger partial charge is 0.124 e. The fourth-order valence-corrected chi connectivity index (χ4v) is 2.61. The SMILES string of the molecule is COc1ccc(F)cc1C(O)CCN1CCCCC1. The monoisotopic (exact) mass is 267 g/mol. The molecule has 1 heterocycles. The molecule has 4 heteroatoms. The lowest BCUT2D eigenvalue weighted by Crippen LogP contribution is -2.31. The minimum absolute atomic E-state index is 0.340. The number of benzene rings is 1. The van der Waals surface area contributed by atoms with Crippen LogP contribution in [-0.4, -0.2) is 36.8 Å². The van der Waals surface area contributed by atoms with E-state index >= 15 is 0 Å².